The smallest absolute Gasteiger partial charge is 0.344 e. The van der Waals surface area contributed by atoms with E-state index in [1.807, 2.05) is 25.1 Å². The maximum Gasteiger partial charge on any atom is 0.344 e. The highest BCUT2D eigenvalue weighted by molar-refractivity contribution is 6.06. The number of carbonyl (C=O) groups excluding carboxylic acids is 2. The van der Waals surface area contributed by atoms with Crippen LogP contribution in [0.5, 0.6) is 5.75 Å². The van der Waals surface area contributed by atoms with Crippen molar-refractivity contribution in [1.29, 1.82) is 10.7 Å². The maximum atomic E-state index is 11.7. The summed E-state index contributed by atoms with van der Waals surface area (Å²) in [6, 6.07) is 7.51. The Hall–Kier alpha value is -2.68. The van der Waals surface area contributed by atoms with Crippen LogP contribution in [0.3, 0.4) is 0 Å². The minimum absolute atomic E-state index is 0.0732. The predicted molar refractivity (Wildman–Crippen MR) is 89.2 cm³/mol. The number of hydrogen-bond donors (Lipinski definition) is 1. The number of nitrogens with zero attached hydrogens (tertiary/aromatic N) is 1. The van der Waals surface area contributed by atoms with Gasteiger partial charge < -0.3 is 14.9 Å². The summed E-state index contributed by atoms with van der Waals surface area (Å²) in [6.45, 7) is 6.49. The third-order valence-corrected chi connectivity index (χ3v) is 3.48. The number of aryl methyl sites for hydroxylation is 1. The molecule has 128 valence electrons. The van der Waals surface area contributed by atoms with E-state index in [2.05, 4.69) is 13.8 Å². The van der Waals surface area contributed by atoms with Crippen molar-refractivity contribution in [2.75, 3.05) is 13.2 Å². The topological polar surface area (TPSA) is 100 Å². The van der Waals surface area contributed by atoms with E-state index < -0.39 is 24.3 Å². The van der Waals surface area contributed by atoms with E-state index in [0.29, 0.717) is 11.7 Å². The lowest BCUT2D eigenvalue weighted by Crippen LogP contribution is -2.27. The van der Waals surface area contributed by atoms with E-state index in [1.54, 1.807) is 6.07 Å². The number of rotatable bonds is 8. The first-order chi connectivity index (χ1) is 11.3. The number of nitriles is 1. The molecule has 0 fully saturated rings. The first-order valence-electron chi connectivity index (χ1n) is 7.62. The molecule has 1 rings (SSSR count). The molecule has 0 aliphatic rings. The summed E-state index contributed by atoms with van der Waals surface area (Å²) in [4.78, 5) is 23.4. The van der Waals surface area contributed by atoms with Crippen LogP contribution in [0.2, 0.25) is 0 Å². The van der Waals surface area contributed by atoms with Crippen molar-refractivity contribution in [2.45, 2.75) is 33.6 Å². The lowest BCUT2D eigenvalue weighted by molar-refractivity contribution is -0.150. The average molecular weight is 330 g/mol. The quantitative estimate of drug-likeness (QED) is 0.583. The van der Waals surface area contributed by atoms with Gasteiger partial charge in [-0.05, 0) is 37.0 Å². The summed E-state index contributed by atoms with van der Waals surface area (Å²) in [7, 11) is 0. The number of ether oxygens (including phenoxy) is 2. The molecular weight excluding hydrogens is 308 g/mol. The predicted octanol–water partition coefficient (Wildman–Crippen LogP) is 2.79. The van der Waals surface area contributed by atoms with Gasteiger partial charge in [-0.15, -0.1) is 0 Å². The summed E-state index contributed by atoms with van der Waals surface area (Å²) < 4.78 is 10.3. The molecule has 0 bridgehead atoms. The number of ketones is 1. The average Bonchev–Trinajstić information content (AvgIpc) is 2.52. The monoisotopic (exact) mass is 330 g/mol. The van der Waals surface area contributed by atoms with Gasteiger partial charge in [-0.1, -0.05) is 26.0 Å². The van der Waals surface area contributed by atoms with Crippen LogP contribution in [-0.4, -0.2) is 30.7 Å². The highest BCUT2D eigenvalue weighted by Gasteiger charge is 2.21. The van der Waals surface area contributed by atoms with Gasteiger partial charge in [-0.2, -0.15) is 5.26 Å². The van der Waals surface area contributed by atoms with Crippen LogP contribution in [0.25, 0.3) is 0 Å². The molecule has 1 N–H and O–H groups in total. The lowest BCUT2D eigenvalue weighted by Gasteiger charge is -2.12. The van der Waals surface area contributed by atoms with Crippen molar-refractivity contribution in [3.05, 3.63) is 29.3 Å². The highest BCUT2D eigenvalue weighted by atomic mass is 16.6. The zero-order valence-electron chi connectivity index (χ0n) is 14.4. The van der Waals surface area contributed by atoms with Gasteiger partial charge in [0.2, 0.25) is 0 Å². The molecule has 0 spiro atoms. The molecule has 0 aliphatic heterocycles. The van der Waals surface area contributed by atoms with E-state index in [0.717, 1.165) is 11.1 Å². The standard InChI is InChI=1S/C18H22N2O4/c1-11(2)14-6-5-12(3)17(7-14)23-10-18(22)24-9-16(21)15(8-19)13(4)20/h5-7,11,15,20H,9-10H2,1-4H3/t15-/m1/s1. The zero-order valence-corrected chi connectivity index (χ0v) is 14.4. The van der Waals surface area contributed by atoms with E-state index in [1.165, 1.54) is 6.92 Å². The number of hydrogen-bond acceptors (Lipinski definition) is 6. The van der Waals surface area contributed by atoms with Gasteiger partial charge in [0.15, 0.2) is 19.0 Å². The van der Waals surface area contributed by atoms with Gasteiger partial charge in [0.05, 0.1) is 6.07 Å². The molecule has 1 aromatic rings. The van der Waals surface area contributed by atoms with Crippen molar-refractivity contribution in [2.24, 2.45) is 5.92 Å². The molecule has 0 saturated carbocycles. The Morgan fingerprint density at radius 3 is 2.50 bits per heavy atom. The number of esters is 1. The fourth-order valence-electron chi connectivity index (χ4n) is 1.95. The Labute approximate surface area is 141 Å². The molecule has 0 heterocycles. The summed E-state index contributed by atoms with van der Waals surface area (Å²) in [5.74, 6) is -1.56. The molecule has 0 amide bonds. The van der Waals surface area contributed by atoms with Crippen molar-refractivity contribution in [3.8, 4) is 11.8 Å². The lowest BCUT2D eigenvalue weighted by atomic mass is 10.0. The van der Waals surface area contributed by atoms with Gasteiger partial charge in [0.1, 0.15) is 11.7 Å². The van der Waals surface area contributed by atoms with E-state index >= 15 is 0 Å². The number of carbonyl (C=O) groups is 2. The molecule has 1 atom stereocenters. The molecule has 0 saturated heterocycles. The summed E-state index contributed by atoms with van der Waals surface area (Å²) in [6.07, 6.45) is 0. The van der Waals surface area contributed by atoms with Crippen molar-refractivity contribution in [3.63, 3.8) is 0 Å². The maximum absolute atomic E-state index is 11.7. The highest BCUT2D eigenvalue weighted by Crippen LogP contribution is 2.24. The largest absolute Gasteiger partial charge is 0.482 e. The second-order valence-corrected chi connectivity index (χ2v) is 5.84. The SMILES string of the molecule is CC(=N)[C@@H](C#N)C(=O)COC(=O)COc1cc(C(C)C)ccc1C. The van der Waals surface area contributed by atoms with Gasteiger partial charge in [-0.3, -0.25) is 4.79 Å². The summed E-state index contributed by atoms with van der Waals surface area (Å²) in [5.41, 5.74) is 1.92. The van der Waals surface area contributed by atoms with Gasteiger partial charge in [0.25, 0.3) is 0 Å². The van der Waals surface area contributed by atoms with Crippen LogP contribution < -0.4 is 4.74 Å². The second kappa shape index (κ2) is 8.82. The molecule has 0 aromatic heterocycles. The molecule has 0 aliphatic carbocycles. The van der Waals surface area contributed by atoms with E-state index in [4.69, 9.17) is 20.1 Å². The van der Waals surface area contributed by atoms with Gasteiger partial charge in [0, 0.05) is 5.71 Å². The fraction of sp³-hybridized carbons (Fsp3) is 0.444. The van der Waals surface area contributed by atoms with Crippen LogP contribution in [-0.2, 0) is 14.3 Å². The molecular formula is C18H22N2O4. The molecule has 0 radical (unpaired) electrons. The Kier molecular flexibility index (Phi) is 7.12. The Morgan fingerprint density at radius 1 is 1.29 bits per heavy atom. The minimum Gasteiger partial charge on any atom is -0.482 e. The zero-order chi connectivity index (χ0) is 18.3. The molecule has 24 heavy (non-hydrogen) atoms. The van der Waals surface area contributed by atoms with Crippen molar-refractivity contribution in [1.82, 2.24) is 0 Å². The number of Topliss-reactive ketones (excluding diaryl/α,β-unsaturated/α-hetero) is 1. The summed E-state index contributed by atoms with van der Waals surface area (Å²) >= 11 is 0. The van der Waals surface area contributed by atoms with Crippen molar-refractivity contribution >= 4 is 17.5 Å². The number of nitrogens with one attached hydrogen (secondary N) is 1. The van der Waals surface area contributed by atoms with Crippen LogP contribution in [0, 0.1) is 29.6 Å². The molecule has 0 unspecified atom stereocenters. The third-order valence-electron chi connectivity index (χ3n) is 3.48. The number of benzene rings is 1. The Bertz CT molecular complexity index is 674. The van der Waals surface area contributed by atoms with Crippen LogP contribution >= 0.6 is 0 Å². The first-order valence-corrected chi connectivity index (χ1v) is 7.62. The van der Waals surface area contributed by atoms with Crippen LogP contribution in [0.1, 0.15) is 37.8 Å². The molecule has 6 heteroatoms. The second-order valence-electron chi connectivity index (χ2n) is 5.84. The first kappa shape index (κ1) is 19.4. The summed E-state index contributed by atoms with van der Waals surface area (Å²) in [5, 5.41) is 16.1. The van der Waals surface area contributed by atoms with Crippen LogP contribution in [0.15, 0.2) is 18.2 Å². The van der Waals surface area contributed by atoms with E-state index in [-0.39, 0.29) is 12.3 Å². The fourth-order valence-corrected chi connectivity index (χ4v) is 1.95. The molecule has 1 aromatic carbocycles. The van der Waals surface area contributed by atoms with Crippen molar-refractivity contribution < 1.29 is 19.1 Å². The minimum atomic E-state index is -1.18. The Morgan fingerprint density at radius 2 is 1.96 bits per heavy atom. The molecule has 6 nitrogen and oxygen atoms in total. The third kappa shape index (κ3) is 5.51. The van der Waals surface area contributed by atoms with Crippen LogP contribution in [0.4, 0.5) is 0 Å². The van der Waals surface area contributed by atoms with Gasteiger partial charge >= 0.3 is 5.97 Å². The normalized spacial score (nSPS) is 11.5. The van der Waals surface area contributed by atoms with E-state index in [9.17, 15) is 9.59 Å². The Balaban J connectivity index is 2.56. The van der Waals surface area contributed by atoms with Gasteiger partial charge in [-0.25, -0.2) is 4.79 Å².